The van der Waals surface area contributed by atoms with Crippen molar-refractivity contribution in [2.75, 3.05) is 6.54 Å². The summed E-state index contributed by atoms with van der Waals surface area (Å²) < 4.78 is 1.83. The van der Waals surface area contributed by atoms with E-state index in [1.54, 1.807) is 0 Å². The molecule has 5 heteroatoms. The van der Waals surface area contributed by atoms with Crippen molar-refractivity contribution in [1.82, 2.24) is 20.3 Å². The fourth-order valence-corrected chi connectivity index (χ4v) is 2.83. The van der Waals surface area contributed by atoms with Gasteiger partial charge in [0.05, 0.1) is 11.6 Å². The zero-order valence-corrected chi connectivity index (χ0v) is 14.1. The molecular formula is C20H22N4O. The Kier molecular flexibility index (Phi) is 5.57. The van der Waals surface area contributed by atoms with Crippen molar-refractivity contribution >= 4 is 16.9 Å². The molecule has 2 aromatic carbocycles. The van der Waals surface area contributed by atoms with Gasteiger partial charge in [-0.25, -0.2) is 4.68 Å². The minimum Gasteiger partial charge on any atom is -0.356 e. The maximum Gasteiger partial charge on any atom is 0.220 e. The van der Waals surface area contributed by atoms with Crippen LogP contribution in [0.25, 0.3) is 11.0 Å². The maximum atomic E-state index is 12.1. The molecule has 1 aromatic heterocycles. The summed E-state index contributed by atoms with van der Waals surface area (Å²) in [4.78, 5) is 12.1. The largest absolute Gasteiger partial charge is 0.356 e. The number of benzene rings is 2. The summed E-state index contributed by atoms with van der Waals surface area (Å²) >= 11 is 0. The molecule has 1 heterocycles. The number of allylic oxidation sites excluding steroid dienone is 1. The fourth-order valence-electron chi connectivity index (χ4n) is 2.83. The average Bonchev–Trinajstić information content (AvgIpc) is 3.07. The van der Waals surface area contributed by atoms with Gasteiger partial charge in [-0.05, 0) is 30.5 Å². The van der Waals surface area contributed by atoms with Crippen LogP contribution in [-0.2, 0) is 11.2 Å². The van der Waals surface area contributed by atoms with Crippen LogP contribution in [0.5, 0.6) is 0 Å². The highest BCUT2D eigenvalue weighted by molar-refractivity contribution is 5.76. The second-order valence-electron chi connectivity index (χ2n) is 5.95. The van der Waals surface area contributed by atoms with Gasteiger partial charge in [0.1, 0.15) is 5.52 Å². The van der Waals surface area contributed by atoms with Crippen molar-refractivity contribution in [3.8, 4) is 0 Å². The molecule has 0 aliphatic carbocycles. The van der Waals surface area contributed by atoms with Gasteiger partial charge in [-0.3, -0.25) is 4.79 Å². The zero-order valence-electron chi connectivity index (χ0n) is 14.1. The molecule has 0 aliphatic rings. The minimum atomic E-state index is -0.0488. The monoisotopic (exact) mass is 334 g/mol. The number of nitrogens with one attached hydrogen (secondary N) is 1. The normalized spacial score (nSPS) is 12.0. The third-order valence-electron chi connectivity index (χ3n) is 4.21. The predicted molar refractivity (Wildman–Crippen MR) is 99.2 cm³/mol. The van der Waals surface area contributed by atoms with Gasteiger partial charge in [0, 0.05) is 13.0 Å². The highest BCUT2D eigenvalue weighted by Crippen LogP contribution is 2.20. The third kappa shape index (κ3) is 4.32. The molecule has 0 saturated carbocycles. The minimum absolute atomic E-state index is 0.0483. The Hall–Kier alpha value is -2.95. The van der Waals surface area contributed by atoms with E-state index < -0.39 is 0 Å². The Morgan fingerprint density at radius 1 is 1.16 bits per heavy atom. The van der Waals surface area contributed by atoms with E-state index in [0.717, 1.165) is 17.5 Å². The first-order valence-corrected chi connectivity index (χ1v) is 8.51. The fraction of sp³-hybridized carbons (Fsp3) is 0.250. The Labute approximate surface area is 147 Å². The standard InChI is InChI=1S/C20H22N4O/c1-2-17(24-19-11-7-6-10-18(19)22-23-24)12-13-20(25)21-15-14-16-8-4-3-5-9-16/h2-11,17H,1,12-15H2,(H,21,25). The van der Waals surface area contributed by atoms with Gasteiger partial charge in [-0.15, -0.1) is 11.7 Å². The predicted octanol–water partition coefficient (Wildman–Crippen LogP) is 3.30. The lowest BCUT2D eigenvalue weighted by Gasteiger charge is -2.13. The molecule has 0 radical (unpaired) electrons. The SMILES string of the molecule is C=CC(CCC(=O)NCCc1ccccc1)n1nnc2ccccc21. The Bertz CT molecular complexity index is 841. The van der Waals surface area contributed by atoms with Gasteiger partial charge in [0.2, 0.25) is 5.91 Å². The molecule has 25 heavy (non-hydrogen) atoms. The van der Waals surface area contributed by atoms with Crippen LogP contribution in [0.4, 0.5) is 0 Å². The van der Waals surface area contributed by atoms with E-state index in [-0.39, 0.29) is 11.9 Å². The Morgan fingerprint density at radius 2 is 1.92 bits per heavy atom. The van der Waals surface area contributed by atoms with E-state index in [4.69, 9.17) is 0 Å². The van der Waals surface area contributed by atoms with E-state index >= 15 is 0 Å². The first kappa shape index (κ1) is 16.9. The van der Waals surface area contributed by atoms with Crippen LogP contribution >= 0.6 is 0 Å². The first-order valence-electron chi connectivity index (χ1n) is 8.51. The second-order valence-corrected chi connectivity index (χ2v) is 5.95. The molecule has 1 N–H and O–H groups in total. The lowest BCUT2D eigenvalue weighted by Crippen LogP contribution is -2.26. The number of amides is 1. The molecule has 128 valence electrons. The number of aromatic nitrogens is 3. The van der Waals surface area contributed by atoms with E-state index in [2.05, 4.69) is 34.3 Å². The van der Waals surface area contributed by atoms with Crippen LogP contribution in [-0.4, -0.2) is 27.4 Å². The molecule has 5 nitrogen and oxygen atoms in total. The van der Waals surface area contributed by atoms with Crippen LogP contribution in [0.3, 0.4) is 0 Å². The Balaban J connectivity index is 1.51. The van der Waals surface area contributed by atoms with Gasteiger partial charge in [-0.1, -0.05) is 53.8 Å². The zero-order chi connectivity index (χ0) is 17.5. The maximum absolute atomic E-state index is 12.1. The van der Waals surface area contributed by atoms with Crippen molar-refractivity contribution < 1.29 is 4.79 Å². The number of hydrogen-bond acceptors (Lipinski definition) is 3. The lowest BCUT2D eigenvalue weighted by atomic mass is 10.1. The summed E-state index contributed by atoms with van der Waals surface area (Å²) in [5, 5.41) is 11.3. The van der Waals surface area contributed by atoms with Crippen LogP contribution in [0.2, 0.25) is 0 Å². The van der Waals surface area contributed by atoms with E-state index in [9.17, 15) is 4.79 Å². The van der Waals surface area contributed by atoms with Gasteiger partial charge in [-0.2, -0.15) is 0 Å². The highest BCUT2D eigenvalue weighted by Gasteiger charge is 2.14. The topological polar surface area (TPSA) is 59.8 Å². The molecule has 1 atom stereocenters. The lowest BCUT2D eigenvalue weighted by molar-refractivity contribution is -0.121. The van der Waals surface area contributed by atoms with Crippen molar-refractivity contribution in [2.24, 2.45) is 0 Å². The molecule has 0 saturated heterocycles. The van der Waals surface area contributed by atoms with E-state index in [0.29, 0.717) is 19.4 Å². The van der Waals surface area contributed by atoms with Crippen LogP contribution in [0.15, 0.2) is 67.3 Å². The summed E-state index contributed by atoms with van der Waals surface area (Å²) in [6.07, 6.45) is 3.73. The summed E-state index contributed by atoms with van der Waals surface area (Å²) in [7, 11) is 0. The Morgan fingerprint density at radius 3 is 2.72 bits per heavy atom. The van der Waals surface area contributed by atoms with E-state index in [1.165, 1.54) is 5.56 Å². The molecule has 1 unspecified atom stereocenters. The summed E-state index contributed by atoms with van der Waals surface area (Å²) in [6.45, 7) is 4.53. The van der Waals surface area contributed by atoms with Gasteiger partial charge in [0.25, 0.3) is 0 Å². The van der Waals surface area contributed by atoms with Gasteiger partial charge < -0.3 is 5.32 Å². The summed E-state index contributed by atoms with van der Waals surface area (Å²) in [5.41, 5.74) is 3.03. The number of carbonyl (C=O) groups excluding carboxylic acids is 1. The number of hydrogen-bond donors (Lipinski definition) is 1. The van der Waals surface area contributed by atoms with Gasteiger partial charge in [0.15, 0.2) is 0 Å². The number of nitrogens with zero attached hydrogens (tertiary/aromatic N) is 3. The van der Waals surface area contributed by atoms with Gasteiger partial charge >= 0.3 is 0 Å². The number of carbonyl (C=O) groups is 1. The van der Waals surface area contributed by atoms with Crippen LogP contribution in [0.1, 0.15) is 24.4 Å². The van der Waals surface area contributed by atoms with E-state index in [1.807, 2.05) is 53.2 Å². The molecule has 0 fully saturated rings. The molecular weight excluding hydrogens is 312 g/mol. The number of fused-ring (bicyclic) bond motifs is 1. The molecule has 3 rings (SSSR count). The molecule has 1 amide bonds. The van der Waals surface area contributed by atoms with Crippen molar-refractivity contribution in [3.63, 3.8) is 0 Å². The van der Waals surface area contributed by atoms with Crippen molar-refractivity contribution in [2.45, 2.75) is 25.3 Å². The molecule has 0 bridgehead atoms. The summed E-state index contributed by atoms with van der Waals surface area (Å²) in [5.74, 6) is 0.0483. The second kappa shape index (κ2) is 8.24. The quantitative estimate of drug-likeness (QED) is 0.643. The molecule has 3 aromatic rings. The van der Waals surface area contributed by atoms with Crippen LogP contribution in [0, 0.1) is 0 Å². The third-order valence-corrected chi connectivity index (χ3v) is 4.21. The molecule has 0 aliphatic heterocycles. The average molecular weight is 334 g/mol. The number of para-hydroxylation sites is 1. The number of rotatable bonds is 8. The highest BCUT2D eigenvalue weighted by atomic mass is 16.1. The van der Waals surface area contributed by atoms with Crippen molar-refractivity contribution in [1.29, 1.82) is 0 Å². The van der Waals surface area contributed by atoms with Crippen molar-refractivity contribution in [3.05, 3.63) is 72.8 Å². The smallest absolute Gasteiger partial charge is 0.220 e. The molecule has 0 spiro atoms. The summed E-state index contributed by atoms with van der Waals surface area (Å²) in [6, 6.07) is 17.9. The first-order chi connectivity index (χ1) is 12.3. The van der Waals surface area contributed by atoms with Crippen LogP contribution < -0.4 is 5.32 Å².